The Morgan fingerprint density at radius 1 is 0.842 bits per heavy atom. The van der Waals surface area contributed by atoms with Gasteiger partial charge < -0.3 is 5.11 Å². The summed E-state index contributed by atoms with van der Waals surface area (Å²) in [6.07, 6.45) is 0.546. The molecule has 2 unspecified atom stereocenters. The molecule has 0 fully saturated rings. The molecule has 0 heterocycles. The van der Waals surface area contributed by atoms with Crippen molar-refractivity contribution in [2.24, 2.45) is 0 Å². The lowest BCUT2D eigenvalue weighted by atomic mass is 9.99. The van der Waals surface area contributed by atoms with Crippen LogP contribution in [0.15, 0.2) is 48.5 Å². The lowest BCUT2D eigenvalue weighted by Gasteiger charge is -2.12. The first-order valence-corrected chi connectivity index (χ1v) is 6.93. The molecule has 0 aliphatic rings. The van der Waals surface area contributed by atoms with Crippen LogP contribution in [0.1, 0.15) is 43.6 Å². The van der Waals surface area contributed by atoms with Gasteiger partial charge in [-0.25, -0.2) is 0 Å². The van der Waals surface area contributed by atoms with Gasteiger partial charge in [-0.2, -0.15) is 0 Å². The SMILES string of the molecule is [2H]C(c1ccc(CC)cc1)C(O)c1ccc(CC)cc1. The van der Waals surface area contributed by atoms with E-state index >= 15 is 0 Å². The van der Waals surface area contributed by atoms with Gasteiger partial charge in [0.25, 0.3) is 0 Å². The van der Waals surface area contributed by atoms with Gasteiger partial charge in [0.1, 0.15) is 0 Å². The van der Waals surface area contributed by atoms with E-state index < -0.39 is 12.5 Å². The van der Waals surface area contributed by atoms with Crippen LogP contribution in [0.2, 0.25) is 0 Å². The largest absolute Gasteiger partial charge is 0.388 e. The molecule has 2 atom stereocenters. The average molecular weight is 255 g/mol. The Bertz CT molecular complexity index is 479. The van der Waals surface area contributed by atoms with E-state index in [1.54, 1.807) is 0 Å². The molecule has 0 aliphatic carbocycles. The molecule has 0 amide bonds. The zero-order chi connectivity index (χ0) is 14.5. The van der Waals surface area contributed by atoms with Crippen LogP contribution in [0.5, 0.6) is 0 Å². The van der Waals surface area contributed by atoms with Gasteiger partial charge in [-0.15, -0.1) is 0 Å². The molecule has 1 heteroatoms. The van der Waals surface area contributed by atoms with Gasteiger partial charge >= 0.3 is 0 Å². The van der Waals surface area contributed by atoms with Crippen LogP contribution in [0.4, 0.5) is 0 Å². The third kappa shape index (κ3) is 3.68. The number of aryl methyl sites for hydroxylation is 2. The molecule has 1 nitrogen and oxygen atoms in total. The van der Waals surface area contributed by atoms with Crippen molar-refractivity contribution >= 4 is 0 Å². The van der Waals surface area contributed by atoms with Crippen LogP contribution in [-0.2, 0) is 19.2 Å². The fourth-order valence-corrected chi connectivity index (χ4v) is 2.09. The van der Waals surface area contributed by atoms with E-state index in [4.69, 9.17) is 1.37 Å². The summed E-state index contributed by atoms with van der Waals surface area (Å²) in [7, 11) is 0. The number of aliphatic hydroxyl groups is 1. The average Bonchev–Trinajstić information content (AvgIpc) is 2.53. The molecule has 19 heavy (non-hydrogen) atoms. The van der Waals surface area contributed by atoms with E-state index in [1.807, 2.05) is 48.5 Å². The second-order valence-corrected chi connectivity index (χ2v) is 4.80. The summed E-state index contributed by atoms with van der Waals surface area (Å²) < 4.78 is 8.23. The number of rotatable bonds is 5. The first-order chi connectivity index (χ1) is 9.65. The molecular formula is C18H22O. The van der Waals surface area contributed by atoms with Crippen LogP contribution in [0.3, 0.4) is 0 Å². The molecule has 1 N–H and O–H groups in total. The van der Waals surface area contributed by atoms with Crippen molar-refractivity contribution in [2.75, 3.05) is 0 Å². The minimum absolute atomic E-state index is 0.645. The lowest BCUT2D eigenvalue weighted by molar-refractivity contribution is 0.178. The molecule has 0 saturated carbocycles. The molecule has 0 aliphatic heterocycles. The van der Waals surface area contributed by atoms with Gasteiger partial charge in [0, 0.05) is 7.77 Å². The second-order valence-electron chi connectivity index (χ2n) is 4.80. The minimum Gasteiger partial charge on any atom is -0.388 e. The number of hydrogen-bond donors (Lipinski definition) is 1. The summed E-state index contributed by atoms with van der Waals surface area (Å²) in [5, 5.41) is 10.3. The van der Waals surface area contributed by atoms with Crippen LogP contribution in [-0.4, -0.2) is 5.11 Å². The third-order valence-electron chi connectivity index (χ3n) is 3.47. The van der Waals surface area contributed by atoms with E-state index in [0.29, 0.717) is 0 Å². The standard InChI is InChI=1S/C18H22O/c1-3-14-5-7-16(8-6-14)13-18(19)17-11-9-15(4-2)10-12-17/h5-12,18-19H,3-4,13H2,1-2H3/i13D. The molecule has 0 spiro atoms. The van der Waals surface area contributed by atoms with E-state index in [0.717, 1.165) is 24.0 Å². The number of hydrogen-bond acceptors (Lipinski definition) is 1. The van der Waals surface area contributed by atoms with E-state index in [9.17, 15) is 5.11 Å². The maximum atomic E-state index is 10.3. The summed E-state index contributed by atoms with van der Waals surface area (Å²) >= 11 is 0. The highest BCUT2D eigenvalue weighted by Gasteiger charge is 2.08. The van der Waals surface area contributed by atoms with Gasteiger partial charge in [-0.05, 0) is 35.1 Å². The molecular weight excluding hydrogens is 232 g/mol. The highest BCUT2D eigenvalue weighted by atomic mass is 16.3. The van der Waals surface area contributed by atoms with Crippen molar-refractivity contribution < 1.29 is 6.48 Å². The second kappa shape index (κ2) is 6.53. The molecule has 0 bridgehead atoms. The minimum atomic E-state index is -0.784. The van der Waals surface area contributed by atoms with Crippen LogP contribution < -0.4 is 0 Å². The van der Waals surface area contributed by atoms with Crippen LogP contribution in [0, 0.1) is 0 Å². The Morgan fingerprint density at radius 2 is 1.26 bits per heavy atom. The topological polar surface area (TPSA) is 20.2 Å². The quantitative estimate of drug-likeness (QED) is 0.853. The Kier molecular flexibility index (Phi) is 4.28. The number of benzene rings is 2. The van der Waals surface area contributed by atoms with Gasteiger partial charge in [0.2, 0.25) is 0 Å². The first kappa shape index (κ1) is 12.4. The highest BCUT2D eigenvalue weighted by Crippen LogP contribution is 2.19. The Labute approximate surface area is 117 Å². The van der Waals surface area contributed by atoms with Crippen molar-refractivity contribution in [3.05, 3.63) is 70.8 Å². The molecule has 0 aromatic heterocycles. The maximum Gasteiger partial charge on any atom is 0.0830 e. The summed E-state index contributed by atoms with van der Waals surface area (Å²) in [5.41, 5.74) is 4.16. The number of aliphatic hydroxyl groups excluding tert-OH is 1. The predicted molar refractivity (Wildman–Crippen MR) is 80.3 cm³/mol. The first-order valence-electron chi connectivity index (χ1n) is 7.51. The maximum absolute atomic E-state index is 10.3. The normalized spacial score (nSPS) is 14.8. The van der Waals surface area contributed by atoms with Crippen molar-refractivity contribution in [3.63, 3.8) is 0 Å². The van der Waals surface area contributed by atoms with Gasteiger partial charge in [-0.3, -0.25) is 0 Å². The van der Waals surface area contributed by atoms with Crippen molar-refractivity contribution in [2.45, 2.75) is 39.2 Å². The summed E-state index contributed by atoms with van der Waals surface area (Å²) in [6.45, 7) is 4.21. The van der Waals surface area contributed by atoms with Crippen molar-refractivity contribution in [3.8, 4) is 0 Å². The molecule has 0 saturated heterocycles. The van der Waals surface area contributed by atoms with Gasteiger partial charge in [0.05, 0.1) is 6.10 Å². The fourth-order valence-electron chi connectivity index (χ4n) is 2.09. The van der Waals surface area contributed by atoms with Crippen molar-refractivity contribution in [1.29, 1.82) is 0 Å². The van der Waals surface area contributed by atoms with Crippen LogP contribution in [0.25, 0.3) is 0 Å². The van der Waals surface area contributed by atoms with Crippen LogP contribution >= 0.6 is 0 Å². The molecule has 100 valence electrons. The lowest BCUT2D eigenvalue weighted by Crippen LogP contribution is -2.02. The van der Waals surface area contributed by atoms with Gasteiger partial charge in [0.15, 0.2) is 0 Å². The zero-order valence-electron chi connectivity index (χ0n) is 12.6. The van der Waals surface area contributed by atoms with E-state index in [2.05, 4.69) is 13.8 Å². The highest BCUT2D eigenvalue weighted by molar-refractivity contribution is 5.27. The predicted octanol–water partition coefficient (Wildman–Crippen LogP) is 4.09. The van der Waals surface area contributed by atoms with Crippen molar-refractivity contribution in [1.82, 2.24) is 0 Å². The zero-order valence-corrected chi connectivity index (χ0v) is 11.6. The Balaban J connectivity index is 2.15. The smallest absolute Gasteiger partial charge is 0.0830 e. The monoisotopic (exact) mass is 255 g/mol. The summed E-state index contributed by atoms with van der Waals surface area (Å²) in [5.74, 6) is 0. The van der Waals surface area contributed by atoms with Gasteiger partial charge in [-0.1, -0.05) is 62.4 Å². The molecule has 2 rings (SSSR count). The summed E-state index contributed by atoms with van der Waals surface area (Å²) in [4.78, 5) is 0. The van der Waals surface area contributed by atoms with E-state index in [-0.39, 0.29) is 0 Å². The molecule has 2 aromatic carbocycles. The van der Waals surface area contributed by atoms with E-state index in [1.165, 1.54) is 11.1 Å². The molecule has 0 radical (unpaired) electrons. The summed E-state index contributed by atoms with van der Waals surface area (Å²) in [6, 6.07) is 15.8. The Morgan fingerprint density at radius 3 is 1.74 bits per heavy atom. The Hall–Kier alpha value is -1.60. The molecule has 2 aromatic rings. The fraction of sp³-hybridized carbons (Fsp3) is 0.333. The third-order valence-corrected chi connectivity index (χ3v) is 3.47.